The van der Waals surface area contributed by atoms with Crippen LogP contribution in [0.1, 0.15) is 27.7 Å². The Balaban J connectivity index is 2.76. The maximum absolute atomic E-state index is 5.79. The Labute approximate surface area is 109 Å². The van der Waals surface area contributed by atoms with Crippen LogP contribution in [0.15, 0.2) is 12.2 Å². The Morgan fingerprint density at radius 1 is 1.06 bits per heavy atom. The summed E-state index contributed by atoms with van der Waals surface area (Å²) in [5, 5.41) is 0. The Kier molecular flexibility index (Phi) is 6.81. The molecule has 0 unspecified atom stereocenters. The van der Waals surface area contributed by atoms with Crippen molar-refractivity contribution in [1.29, 1.82) is 0 Å². The number of hydrogen-bond acceptors (Lipinski definition) is 5. The molecule has 1 aliphatic rings. The molecular formula is C13H24O5. The standard InChI is InChI=1S/C13H24O5/c1-5-14-11-9-10-13(18-11,17-8-4)12(15-6-2)16-7-3/h9-12H,5-8H2,1-4H3/t11-,13+/m0/s1. The second-order valence-electron chi connectivity index (χ2n) is 3.70. The molecule has 106 valence electrons. The lowest BCUT2D eigenvalue weighted by Gasteiger charge is -2.34. The van der Waals surface area contributed by atoms with Gasteiger partial charge in [0.05, 0.1) is 0 Å². The summed E-state index contributed by atoms with van der Waals surface area (Å²) < 4.78 is 28.0. The molecule has 0 aliphatic carbocycles. The molecule has 5 heteroatoms. The van der Waals surface area contributed by atoms with E-state index in [0.29, 0.717) is 26.4 Å². The highest BCUT2D eigenvalue weighted by Gasteiger charge is 2.46. The van der Waals surface area contributed by atoms with Crippen molar-refractivity contribution in [3.63, 3.8) is 0 Å². The largest absolute Gasteiger partial charge is 0.349 e. The van der Waals surface area contributed by atoms with Crippen LogP contribution in [0.2, 0.25) is 0 Å². The normalized spacial score (nSPS) is 27.3. The van der Waals surface area contributed by atoms with Gasteiger partial charge in [-0.15, -0.1) is 0 Å². The van der Waals surface area contributed by atoms with Crippen LogP contribution in [0.25, 0.3) is 0 Å². The molecule has 0 N–H and O–H groups in total. The van der Waals surface area contributed by atoms with Crippen molar-refractivity contribution in [2.45, 2.75) is 46.1 Å². The predicted octanol–water partition coefficient (Wildman–Crippen LogP) is 2.07. The maximum atomic E-state index is 5.79. The molecular weight excluding hydrogens is 236 g/mol. The Morgan fingerprint density at radius 3 is 2.22 bits per heavy atom. The van der Waals surface area contributed by atoms with Gasteiger partial charge in [0.2, 0.25) is 12.1 Å². The maximum Gasteiger partial charge on any atom is 0.243 e. The lowest BCUT2D eigenvalue weighted by Crippen LogP contribution is -2.48. The van der Waals surface area contributed by atoms with Crippen molar-refractivity contribution in [1.82, 2.24) is 0 Å². The molecule has 1 rings (SSSR count). The average Bonchev–Trinajstić information content (AvgIpc) is 2.74. The third-order valence-corrected chi connectivity index (χ3v) is 2.45. The van der Waals surface area contributed by atoms with E-state index in [9.17, 15) is 0 Å². The van der Waals surface area contributed by atoms with Crippen LogP contribution in [-0.4, -0.2) is 44.8 Å². The second kappa shape index (κ2) is 7.86. The van der Waals surface area contributed by atoms with E-state index in [2.05, 4.69) is 0 Å². The summed E-state index contributed by atoms with van der Waals surface area (Å²) in [6.07, 6.45) is 2.64. The molecule has 5 nitrogen and oxygen atoms in total. The number of ether oxygens (including phenoxy) is 5. The Bertz CT molecular complexity index is 250. The van der Waals surface area contributed by atoms with E-state index in [0.717, 1.165) is 0 Å². The summed E-state index contributed by atoms with van der Waals surface area (Å²) in [4.78, 5) is 0. The summed E-state index contributed by atoms with van der Waals surface area (Å²) in [5.74, 6) is -1.01. The quantitative estimate of drug-likeness (QED) is 0.469. The van der Waals surface area contributed by atoms with Gasteiger partial charge in [-0.25, -0.2) is 0 Å². The molecule has 1 heterocycles. The second-order valence-corrected chi connectivity index (χ2v) is 3.70. The topological polar surface area (TPSA) is 46.2 Å². The first-order chi connectivity index (χ1) is 8.72. The average molecular weight is 260 g/mol. The summed E-state index contributed by atoms with van der Waals surface area (Å²) in [7, 11) is 0. The molecule has 18 heavy (non-hydrogen) atoms. The van der Waals surface area contributed by atoms with E-state index in [1.165, 1.54) is 0 Å². The van der Waals surface area contributed by atoms with E-state index < -0.39 is 18.4 Å². The van der Waals surface area contributed by atoms with Crippen LogP contribution in [0.5, 0.6) is 0 Å². The zero-order chi connectivity index (χ0) is 13.4. The molecule has 0 saturated heterocycles. The molecule has 0 radical (unpaired) electrons. The van der Waals surface area contributed by atoms with E-state index in [4.69, 9.17) is 23.7 Å². The van der Waals surface area contributed by atoms with Gasteiger partial charge in [0.25, 0.3) is 0 Å². The van der Waals surface area contributed by atoms with Crippen LogP contribution < -0.4 is 0 Å². The third kappa shape index (κ3) is 3.76. The summed E-state index contributed by atoms with van der Waals surface area (Å²) in [5.41, 5.74) is 0. The minimum absolute atomic E-state index is 0.412. The fraction of sp³-hybridized carbons (Fsp3) is 0.846. The van der Waals surface area contributed by atoms with Gasteiger partial charge in [-0.3, -0.25) is 0 Å². The van der Waals surface area contributed by atoms with Crippen molar-refractivity contribution >= 4 is 0 Å². The van der Waals surface area contributed by atoms with Crippen LogP contribution in [0.3, 0.4) is 0 Å². The van der Waals surface area contributed by atoms with Gasteiger partial charge in [-0.05, 0) is 39.8 Å². The van der Waals surface area contributed by atoms with Crippen LogP contribution in [-0.2, 0) is 23.7 Å². The minimum atomic E-state index is -1.01. The first-order valence-corrected chi connectivity index (χ1v) is 6.58. The summed E-state index contributed by atoms with van der Waals surface area (Å²) >= 11 is 0. The van der Waals surface area contributed by atoms with Crippen molar-refractivity contribution in [2.24, 2.45) is 0 Å². The SMILES string of the molecule is CCOC(OCC)[C@@]1(OCC)C=C[C@@H](OCC)O1. The number of hydrogen-bond donors (Lipinski definition) is 0. The van der Waals surface area contributed by atoms with Gasteiger partial charge in [0, 0.05) is 26.4 Å². The highest BCUT2D eigenvalue weighted by molar-refractivity contribution is 5.07. The number of rotatable bonds is 9. The smallest absolute Gasteiger partial charge is 0.243 e. The van der Waals surface area contributed by atoms with Crippen molar-refractivity contribution < 1.29 is 23.7 Å². The zero-order valence-corrected chi connectivity index (χ0v) is 11.7. The predicted molar refractivity (Wildman–Crippen MR) is 67.0 cm³/mol. The molecule has 0 fully saturated rings. The Hall–Kier alpha value is -0.460. The van der Waals surface area contributed by atoms with E-state index in [1.807, 2.05) is 39.8 Å². The first-order valence-electron chi connectivity index (χ1n) is 6.58. The van der Waals surface area contributed by atoms with Gasteiger partial charge in [0.15, 0.2) is 6.29 Å². The van der Waals surface area contributed by atoms with Crippen LogP contribution in [0, 0.1) is 0 Å². The molecule has 0 aromatic carbocycles. The van der Waals surface area contributed by atoms with Crippen molar-refractivity contribution in [3.8, 4) is 0 Å². The van der Waals surface area contributed by atoms with Crippen LogP contribution in [0.4, 0.5) is 0 Å². The molecule has 2 atom stereocenters. The fourth-order valence-corrected chi connectivity index (χ4v) is 1.82. The van der Waals surface area contributed by atoms with Crippen molar-refractivity contribution in [2.75, 3.05) is 26.4 Å². The monoisotopic (exact) mass is 260 g/mol. The van der Waals surface area contributed by atoms with E-state index in [-0.39, 0.29) is 0 Å². The van der Waals surface area contributed by atoms with E-state index in [1.54, 1.807) is 0 Å². The van der Waals surface area contributed by atoms with E-state index >= 15 is 0 Å². The van der Waals surface area contributed by atoms with Gasteiger partial charge < -0.3 is 23.7 Å². The Morgan fingerprint density at radius 2 is 1.72 bits per heavy atom. The molecule has 0 aromatic heterocycles. The lowest BCUT2D eigenvalue weighted by molar-refractivity contribution is -0.348. The van der Waals surface area contributed by atoms with Crippen LogP contribution >= 0.6 is 0 Å². The summed E-state index contributed by atoms with van der Waals surface area (Å²) in [6.45, 7) is 9.76. The third-order valence-electron chi connectivity index (χ3n) is 2.45. The van der Waals surface area contributed by atoms with Gasteiger partial charge in [-0.2, -0.15) is 0 Å². The molecule has 0 spiro atoms. The van der Waals surface area contributed by atoms with Crippen molar-refractivity contribution in [3.05, 3.63) is 12.2 Å². The molecule has 0 saturated carbocycles. The van der Waals surface area contributed by atoms with Gasteiger partial charge in [-0.1, -0.05) is 0 Å². The van der Waals surface area contributed by atoms with Gasteiger partial charge in [0.1, 0.15) is 0 Å². The van der Waals surface area contributed by atoms with Gasteiger partial charge >= 0.3 is 0 Å². The molecule has 0 bridgehead atoms. The summed E-state index contributed by atoms with van der Waals surface area (Å²) in [6, 6.07) is 0. The highest BCUT2D eigenvalue weighted by Crippen LogP contribution is 2.31. The molecule has 0 amide bonds. The highest BCUT2D eigenvalue weighted by atomic mass is 16.8. The minimum Gasteiger partial charge on any atom is -0.349 e. The first kappa shape index (κ1) is 15.6. The fourth-order valence-electron chi connectivity index (χ4n) is 1.82. The zero-order valence-electron chi connectivity index (χ0n) is 11.7. The molecule has 1 aliphatic heterocycles. The lowest BCUT2D eigenvalue weighted by atomic mass is 10.2. The molecule has 0 aromatic rings.